The molecule has 4 aromatic rings. The van der Waals surface area contributed by atoms with Crippen molar-refractivity contribution in [3.8, 4) is 34.3 Å². The minimum Gasteiger partial charge on any atom is -0.480 e. The SMILES string of the molecule is COc1nc(-c2cccc(-c3cccc(CC(=O)c4cc(C#N)c5c(n4)CN(CCO[Si](C)(C)C(C)(C)C)CC5)c3Cl)c2Cl)cnc1CN1CC2(CC(O)C2)C1. The smallest absolute Gasteiger partial charge is 0.237 e. The standard InChI is InChI=1S/C43H50Cl2N6O4Si/c1-42(2,3)56(5,6)55-16-15-50-14-13-30-28(21-46)17-34(48-36(30)23-50)38(53)18-27-9-7-10-31(39(27)44)32-11-8-12-33(40(32)45)35-22-47-37(41(49-35)54-4)24-51-25-43(26-51)19-29(52)20-43/h7-12,17,22,29,52H,13-16,18-20,23-26H2,1-6H3. The zero-order valence-electron chi connectivity index (χ0n) is 33.1. The highest BCUT2D eigenvalue weighted by molar-refractivity contribution is 6.74. The molecule has 0 unspecified atom stereocenters. The molecule has 0 bridgehead atoms. The molecule has 1 saturated heterocycles. The van der Waals surface area contributed by atoms with Gasteiger partial charge in [-0.1, -0.05) is 80.4 Å². The number of hydrogen-bond donors (Lipinski definition) is 1. The van der Waals surface area contributed by atoms with Gasteiger partial charge in [0.25, 0.3) is 0 Å². The van der Waals surface area contributed by atoms with E-state index in [0.29, 0.717) is 75.6 Å². The number of nitrogens with zero attached hydrogens (tertiary/aromatic N) is 6. The molecule has 2 fully saturated rings. The number of nitriles is 1. The molecule has 3 aliphatic rings. The summed E-state index contributed by atoms with van der Waals surface area (Å²) in [5, 5.41) is 20.8. The van der Waals surface area contributed by atoms with Crippen LogP contribution in [0.5, 0.6) is 5.88 Å². The minimum absolute atomic E-state index is 0.00750. The van der Waals surface area contributed by atoms with Crippen LogP contribution in [0.1, 0.15) is 72.2 Å². The van der Waals surface area contributed by atoms with Crippen LogP contribution in [0.3, 0.4) is 0 Å². The first-order chi connectivity index (χ1) is 26.6. The van der Waals surface area contributed by atoms with Gasteiger partial charge in [0.05, 0.1) is 52.5 Å². The Balaban J connectivity index is 1.06. The molecule has 56 heavy (non-hydrogen) atoms. The molecule has 0 radical (unpaired) electrons. The summed E-state index contributed by atoms with van der Waals surface area (Å²) in [7, 11) is -0.280. The number of carbonyl (C=O) groups is 1. The van der Waals surface area contributed by atoms with Gasteiger partial charge in [0.2, 0.25) is 5.88 Å². The number of ether oxygens (including phenoxy) is 1. The molecule has 7 rings (SSSR count). The number of fused-ring (bicyclic) bond motifs is 1. The van der Waals surface area contributed by atoms with Crippen molar-refractivity contribution in [2.75, 3.05) is 39.9 Å². The summed E-state index contributed by atoms with van der Waals surface area (Å²) < 4.78 is 12.1. The van der Waals surface area contributed by atoms with Crippen molar-refractivity contribution in [1.29, 1.82) is 5.26 Å². The molecule has 2 aromatic heterocycles. The van der Waals surface area contributed by atoms with Crippen molar-refractivity contribution in [3.63, 3.8) is 0 Å². The van der Waals surface area contributed by atoms with Crippen molar-refractivity contribution in [1.82, 2.24) is 24.8 Å². The van der Waals surface area contributed by atoms with E-state index in [2.05, 4.69) is 49.7 Å². The number of aliphatic hydroxyl groups is 1. The number of methoxy groups -OCH3 is 1. The van der Waals surface area contributed by atoms with Crippen LogP contribution < -0.4 is 4.74 Å². The lowest BCUT2D eigenvalue weighted by Crippen LogP contribution is -2.63. The fraction of sp³-hybridized carbons (Fsp3) is 0.465. The van der Waals surface area contributed by atoms with Crippen molar-refractivity contribution in [2.45, 2.75) is 83.8 Å². The van der Waals surface area contributed by atoms with E-state index in [4.69, 9.17) is 47.3 Å². The van der Waals surface area contributed by atoms with Crippen LogP contribution >= 0.6 is 23.2 Å². The Morgan fingerprint density at radius 1 is 1.05 bits per heavy atom. The molecule has 10 nitrogen and oxygen atoms in total. The number of benzene rings is 2. The third kappa shape index (κ3) is 8.16. The number of Topliss-reactive ketones (excluding diaryl/α,β-unsaturated/α-hetero) is 1. The molecule has 0 atom stereocenters. The quantitative estimate of drug-likeness (QED) is 0.111. The van der Waals surface area contributed by atoms with Crippen molar-refractivity contribution in [3.05, 3.63) is 92.5 Å². The fourth-order valence-corrected chi connectivity index (χ4v) is 9.68. The van der Waals surface area contributed by atoms with Gasteiger partial charge < -0.3 is 14.3 Å². The first-order valence-electron chi connectivity index (χ1n) is 19.3. The van der Waals surface area contributed by atoms with Gasteiger partial charge in [0.1, 0.15) is 11.4 Å². The van der Waals surface area contributed by atoms with E-state index in [1.165, 1.54) is 0 Å². The molecule has 2 aliphatic heterocycles. The minimum atomic E-state index is -1.87. The predicted octanol–water partition coefficient (Wildman–Crippen LogP) is 8.15. The molecular weight excluding hydrogens is 764 g/mol. The molecule has 2 aromatic carbocycles. The van der Waals surface area contributed by atoms with Gasteiger partial charge in [-0.2, -0.15) is 5.26 Å². The van der Waals surface area contributed by atoms with E-state index in [1.54, 1.807) is 19.4 Å². The first-order valence-corrected chi connectivity index (χ1v) is 23.0. The summed E-state index contributed by atoms with van der Waals surface area (Å²) in [6, 6.07) is 15.2. The Hall–Kier alpha value is -3.73. The molecule has 1 spiro atoms. The highest BCUT2D eigenvalue weighted by Crippen LogP contribution is 2.49. The number of halogens is 2. The van der Waals surface area contributed by atoms with E-state index < -0.39 is 8.32 Å². The maximum absolute atomic E-state index is 13.8. The van der Waals surface area contributed by atoms with Gasteiger partial charge in [-0.05, 0) is 54.6 Å². The number of hydrogen-bond acceptors (Lipinski definition) is 10. The lowest BCUT2D eigenvalue weighted by Gasteiger charge is -2.57. The van der Waals surface area contributed by atoms with Gasteiger partial charge in [-0.3, -0.25) is 19.6 Å². The Morgan fingerprint density at radius 3 is 2.43 bits per heavy atom. The molecule has 294 valence electrons. The second-order valence-corrected chi connectivity index (χ2v) is 22.8. The van der Waals surface area contributed by atoms with Gasteiger partial charge in [0, 0.05) is 74.4 Å². The molecule has 4 heterocycles. The Labute approximate surface area is 340 Å². The summed E-state index contributed by atoms with van der Waals surface area (Å²) >= 11 is 14.2. The molecule has 1 aliphatic carbocycles. The summed E-state index contributed by atoms with van der Waals surface area (Å²) in [5.41, 5.74) is 6.68. The first kappa shape index (κ1) is 40.5. The van der Waals surface area contributed by atoms with Gasteiger partial charge in [-0.25, -0.2) is 9.97 Å². The zero-order valence-corrected chi connectivity index (χ0v) is 35.6. The Morgan fingerprint density at radius 2 is 1.75 bits per heavy atom. The summed E-state index contributed by atoms with van der Waals surface area (Å²) in [4.78, 5) is 32.8. The van der Waals surface area contributed by atoms with Crippen LogP contribution in [0.4, 0.5) is 0 Å². The topological polar surface area (TPSA) is 125 Å². The van der Waals surface area contributed by atoms with Crippen LogP contribution in [0.15, 0.2) is 48.7 Å². The molecule has 0 amide bonds. The number of aromatic nitrogens is 3. The van der Waals surface area contributed by atoms with E-state index >= 15 is 0 Å². The third-order valence-electron chi connectivity index (χ3n) is 12.2. The highest BCUT2D eigenvalue weighted by Gasteiger charge is 2.51. The predicted molar refractivity (Wildman–Crippen MR) is 222 cm³/mol. The second kappa shape index (κ2) is 15.9. The third-order valence-corrected chi connectivity index (χ3v) is 17.6. The van der Waals surface area contributed by atoms with Crippen LogP contribution in [-0.2, 0) is 30.4 Å². The fourth-order valence-electron chi connectivity index (χ4n) is 8.02. The highest BCUT2D eigenvalue weighted by atomic mass is 35.5. The molecule has 1 saturated carbocycles. The number of likely N-dealkylation sites (tertiary alicyclic amines) is 1. The number of pyridine rings is 1. The van der Waals surface area contributed by atoms with Crippen LogP contribution in [-0.4, -0.2) is 90.0 Å². The monoisotopic (exact) mass is 812 g/mol. The lowest BCUT2D eigenvalue weighted by molar-refractivity contribution is -0.131. The average Bonchev–Trinajstić information content (AvgIpc) is 3.13. The van der Waals surface area contributed by atoms with Crippen LogP contribution in [0.2, 0.25) is 28.2 Å². The number of rotatable bonds is 12. The lowest BCUT2D eigenvalue weighted by atomic mass is 9.62. The summed E-state index contributed by atoms with van der Waals surface area (Å²) in [6.45, 7) is 16.5. The number of ketones is 1. The summed E-state index contributed by atoms with van der Waals surface area (Å²) in [5.74, 6) is 0.221. The molecule has 1 N–H and O–H groups in total. The maximum Gasteiger partial charge on any atom is 0.237 e. The number of aliphatic hydroxyl groups excluding tert-OH is 1. The van der Waals surface area contributed by atoms with E-state index in [9.17, 15) is 15.2 Å². The van der Waals surface area contributed by atoms with Gasteiger partial charge >= 0.3 is 0 Å². The van der Waals surface area contributed by atoms with Crippen molar-refractivity contribution in [2.24, 2.45) is 5.41 Å². The zero-order chi connectivity index (χ0) is 40.0. The Bertz CT molecular complexity index is 2190. The largest absolute Gasteiger partial charge is 0.480 e. The van der Waals surface area contributed by atoms with Gasteiger partial charge in [0.15, 0.2) is 14.1 Å². The van der Waals surface area contributed by atoms with Gasteiger partial charge in [-0.15, -0.1) is 0 Å². The maximum atomic E-state index is 13.8. The summed E-state index contributed by atoms with van der Waals surface area (Å²) in [6.07, 6.45) is 3.98. The molecule has 13 heteroatoms. The average molecular weight is 814 g/mol. The van der Waals surface area contributed by atoms with E-state index in [0.717, 1.165) is 56.0 Å². The normalized spacial score (nSPS) is 17.2. The molecular formula is C43H50Cl2N6O4Si. The number of carbonyl (C=O) groups excluding carboxylic acids is 1. The van der Waals surface area contributed by atoms with Crippen LogP contribution in [0, 0.1) is 16.7 Å². The van der Waals surface area contributed by atoms with E-state index in [1.807, 2.05) is 36.4 Å². The van der Waals surface area contributed by atoms with E-state index in [-0.39, 0.29) is 34.5 Å². The van der Waals surface area contributed by atoms with Crippen LogP contribution in [0.25, 0.3) is 22.4 Å². The Kier molecular flexibility index (Phi) is 11.5. The second-order valence-electron chi connectivity index (χ2n) is 17.2. The van der Waals surface area contributed by atoms with Crippen molar-refractivity contribution >= 4 is 37.3 Å². The van der Waals surface area contributed by atoms with Crippen molar-refractivity contribution < 1.29 is 19.1 Å².